The standard InChI is InChI=1S/C23H20BrN3O/c1-16(17-8-3-2-4-9-17)27-21-13-6-5-12-20(21)26-22(27)15-25-23(28)18-10-7-11-19(24)14-18/h2-14,16H,15H2,1H3,(H,25,28). The van der Waals surface area contributed by atoms with E-state index in [1.54, 1.807) is 6.07 Å². The molecule has 0 aliphatic heterocycles. The molecule has 0 fully saturated rings. The van der Waals surface area contributed by atoms with Gasteiger partial charge in [0.2, 0.25) is 0 Å². The lowest BCUT2D eigenvalue weighted by Crippen LogP contribution is -2.25. The van der Waals surface area contributed by atoms with Crippen LogP contribution >= 0.6 is 15.9 Å². The molecule has 1 atom stereocenters. The molecule has 1 amide bonds. The maximum absolute atomic E-state index is 12.6. The smallest absolute Gasteiger partial charge is 0.251 e. The van der Waals surface area contributed by atoms with Crippen molar-refractivity contribution in [3.63, 3.8) is 0 Å². The van der Waals surface area contributed by atoms with Gasteiger partial charge in [-0.3, -0.25) is 4.79 Å². The van der Waals surface area contributed by atoms with Gasteiger partial charge in [-0.15, -0.1) is 0 Å². The number of hydrogen-bond acceptors (Lipinski definition) is 2. The molecule has 0 radical (unpaired) electrons. The van der Waals surface area contributed by atoms with Crippen LogP contribution in [0.4, 0.5) is 0 Å². The molecule has 0 saturated carbocycles. The van der Waals surface area contributed by atoms with Crippen LogP contribution in [-0.2, 0) is 6.54 Å². The summed E-state index contributed by atoms with van der Waals surface area (Å²) < 4.78 is 3.08. The van der Waals surface area contributed by atoms with Crippen LogP contribution in [0.3, 0.4) is 0 Å². The second-order valence-electron chi connectivity index (χ2n) is 6.67. The van der Waals surface area contributed by atoms with E-state index in [0.717, 1.165) is 21.3 Å². The van der Waals surface area contributed by atoms with Crippen molar-refractivity contribution < 1.29 is 4.79 Å². The molecule has 0 spiro atoms. The first-order chi connectivity index (χ1) is 13.6. The Morgan fingerprint density at radius 2 is 1.79 bits per heavy atom. The van der Waals surface area contributed by atoms with Gasteiger partial charge in [-0.2, -0.15) is 0 Å². The van der Waals surface area contributed by atoms with Crippen molar-refractivity contribution in [3.05, 3.63) is 100 Å². The number of aromatic nitrogens is 2. The number of nitrogens with one attached hydrogen (secondary N) is 1. The third-order valence-corrected chi connectivity index (χ3v) is 5.33. The molecular weight excluding hydrogens is 414 g/mol. The average molecular weight is 434 g/mol. The maximum atomic E-state index is 12.6. The summed E-state index contributed by atoms with van der Waals surface area (Å²) in [6.07, 6.45) is 0. The summed E-state index contributed by atoms with van der Waals surface area (Å²) in [5.41, 5.74) is 3.81. The molecule has 0 aliphatic rings. The average Bonchev–Trinajstić information content (AvgIpc) is 3.10. The van der Waals surface area contributed by atoms with Crippen LogP contribution in [0.15, 0.2) is 83.3 Å². The molecular formula is C23H20BrN3O. The van der Waals surface area contributed by atoms with Crippen molar-refractivity contribution in [1.29, 1.82) is 0 Å². The second kappa shape index (κ2) is 7.98. The molecule has 140 valence electrons. The van der Waals surface area contributed by atoms with E-state index in [4.69, 9.17) is 4.98 Å². The van der Waals surface area contributed by atoms with Crippen molar-refractivity contribution in [2.24, 2.45) is 0 Å². The molecule has 1 heterocycles. The van der Waals surface area contributed by atoms with Crippen LogP contribution in [-0.4, -0.2) is 15.5 Å². The summed E-state index contributed by atoms with van der Waals surface area (Å²) in [7, 11) is 0. The van der Waals surface area contributed by atoms with Gasteiger partial charge < -0.3 is 9.88 Å². The van der Waals surface area contributed by atoms with Crippen molar-refractivity contribution in [3.8, 4) is 0 Å². The van der Waals surface area contributed by atoms with E-state index in [9.17, 15) is 4.79 Å². The van der Waals surface area contributed by atoms with E-state index in [1.807, 2.05) is 54.6 Å². The summed E-state index contributed by atoms with van der Waals surface area (Å²) >= 11 is 3.41. The molecule has 0 saturated heterocycles. The first kappa shape index (κ1) is 18.4. The normalized spacial score (nSPS) is 12.1. The van der Waals surface area contributed by atoms with E-state index in [0.29, 0.717) is 12.1 Å². The third kappa shape index (κ3) is 3.71. The Hall–Kier alpha value is -2.92. The minimum absolute atomic E-state index is 0.103. The van der Waals surface area contributed by atoms with Crippen LogP contribution in [0.1, 0.15) is 34.7 Å². The Labute approximate surface area is 172 Å². The Balaban J connectivity index is 1.66. The number of fused-ring (bicyclic) bond motifs is 1. The highest BCUT2D eigenvalue weighted by atomic mass is 79.9. The summed E-state index contributed by atoms with van der Waals surface area (Å²) in [5.74, 6) is 0.716. The van der Waals surface area contributed by atoms with E-state index in [-0.39, 0.29) is 11.9 Å². The van der Waals surface area contributed by atoms with Gasteiger partial charge in [0.1, 0.15) is 5.82 Å². The highest BCUT2D eigenvalue weighted by Gasteiger charge is 2.18. The van der Waals surface area contributed by atoms with Crippen molar-refractivity contribution >= 4 is 32.9 Å². The number of halogens is 1. The Morgan fingerprint density at radius 1 is 1.04 bits per heavy atom. The topological polar surface area (TPSA) is 46.9 Å². The van der Waals surface area contributed by atoms with Crippen LogP contribution in [0.5, 0.6) is 0 Å². The quantitative estimate of drug-likeness (QED) is 0.461. The minimum atomic E-state index is -0.118. The van der Waals surface area contributed by atoms with Gasteiger partial charge >= 0.3 is 0 Å². The maximum Gasteiger partial charge on any atom is 0.251 e. The lowest BCUT2D eigenvalue weighted by molar-refractivity contribution is 0.0949. The number of benzene rings is 3. The third-order valence-electron chi connectivity index (χ3n) is 4.83. The predicted octanol–water partition coefficient (Wildman–Crippen LogP) is 5.34. The summed E-state index contributed by atoms with van der Waals surface area (Å²) in [6, 6.07) is 25.9. The van der Waals surface area contributed by atoms with Crippen molar-refractivity contribution in [1.82, 2.24) is 14.9 Å². The van der Waals surface area contributed by atoms with E-state index in [1.165, 1.54) is 5.56 Å². The summed E-state index contributed by atoms with van der Waals surface area (Å²) in [5, 5.41) is 3.01. The van der Waals surface area contributed by atoms with Gasteiger partial charge in [-0.25, -0.2) is 4.98 Å². The monoisotopic (exact) mass is 433 g/mol. The van der Waals surface area contributed by atoms with Gasteiger partial charge in [-0.1, -0.05) is 64.5 Å². The number of carbonyl (C=O) groups excluding carboxylic acids is 1. The molecule has 5 heteroatoms. The zero-order valence-corrected chi connectivity index (χ0v) is 17.1. The van der Waals surface area contributed by atoms with Crippen LogP contribution in [0.2, 0.25) is 0 Å². The van der Waals surface area contributed by atoms with Crippen LogP contribution in [0.25, 0.3) is 11.0 Å². The molecule has 1 unspecified atom stereocenters. The van der Waals surface area contributed by atoms with Gasteiger partial charge in [0.25, 0.3) is 5.91 Å². The molecule has 4 nitrogen and oxygen atoms in total. The first-order valence-electron chi connectivity index (χ1n) is 9.18. The first-order valence-corrected chi connectivity index (χ1v) is 9.97. The fourth-order valence-electron chi connectivity index (χ4n) is 3.42. The number of carbonyl (C=O) groups is 1. The molecule has 4 aromatic rings. The van der Waals surface area contributed by atoms with Crippen LogP contribution < -0.4 is 5.32 Å². The number of nitrogens with zero attached hydrogens (tertiary/aromatic N) is 2. The number of rotatable bonds is 5. The number of imidazole rings is 1. The lowest BCUT2D eigenvalue weighted by Gasteiger charge is -2.18. The highest BCUT2D eigenvalue weighted by Crippen LogP contribution is 2.26. The second-order valence-corrected chi connectivity index (χ2v) is 7.58. The SMILES string of the molecule is CC(c1ccccc1)n1c(CNC(=O)c2cccc(Br)c2)nc2ccccc21. The Kier molecular flexibility index (Phi) is 5.26. The van der Waals surface area contributed by atoms with Crippen LogP contribution in [0, 0.1) is 0 Å². The molecule has 1 N–H and O–H groups in total. The van der Waals surface area contributed by atoms with E-state index in [2.05, 4.69) is 50.9 Å². The Morgan fingerprint density at radius 3 is 2.57 bits per heavy atom. The highest BCUT2D eigenvalue weighted by molar-refractivity contribution is 9.10. The lowest BCUT2D eigenvalue weighted by atomic mass is 10.1. The molecule has 0 bridgehead atoms. The number of amides is 1. The zero-order chi connectivity index (χ0) is 19.5. The van der Waals surface area contributed by atoms with Crippen molar-refractivity contribution in [2.75, 3.05) is 0 Å². The number of para-hydroxylation sites is 2. The van der Waals surface area contributed by atoms with Crippen molar-refractivity contribution in [2.45, 2.75) is 19.5 Å². The Bertz CT molecular complexity index is 1120. The fourth-order valence-corrected chi connectivity index (χ4v) is 3.82. The zero-order valence-electron chi connectivity index (χ0n) is 15.5. The van der Waals surface area contributed by atoms with Gasteiger partial charge in [0.15, 0.2) is 0 Å². The molecule has 4 rings (SSSR count). The largest absolute Gasteiger partial charge is 0.345 e. The molecule has 3 aromatic carbocycles. The minimum Gasteiger partial charge on any atom is -0.345 e. The molecule has 0 aliphatic carbocycles. The summed E-state index contributed by atoms with van der Waals surface area (Å²) in [6.45, 7) is 2.51. The van der Waals surface area contributed by atoms with Gasteiger partial charge in [0.05, 0.1) is 23.6 Å². The number of hydrogen-bond donors (Lipinski definition) is 1. The van der Waals surface area contributed by atoms with Gasteiger partial charge in [0, 0.05) is 10.0 Å². The molecule has 28 heavy (non-hydrogen) atoms. The molecule has 1 aromatic heterocycles. The summed E-state index contributed by atoms with van der Waals surface area (Å²) in [4.78, 5) is 17.3. The fraction of sp³-hybridized carbons (Fsp3) is 0.130. The van der Waals surface area contributed by atoms with E-state index >= 15 is 0 Å². The van der Waals surface area contributed by atoms with Gasteiger partial charge in [-0.05, 0) is 42.8 Å². The predicted molar refractivity (Wildman–Crippen MR) is 115 cm³/mol. The van der Waals surface area contributed by atoms with E-state index < -0.39 is 0 Å².